The molecule has 1 atom stereocenters. The molecule has 4 rings (SSSR count). The zero-order chi connectivity index (χ0) is 22.0. The van der Waals surface area contributed by atoms with E-state index in [0.29, 0.717) is 17.9 Å². The van der Waals surface area contributed by atoms with Crippen LogP contribution in [0.3, 0.4) is 0 Å². The van der Waals surface area contributed by atoms with Crippen LogP contribution in [-0.2, 0) is 27.0 Å². The fourth-order valence-electron chi connectivity index (χ4n) is 3.02. The number of carbonyl (C=O) groups is 2. The Morgan fingerprint density at radius 3 is 2.74 bits per heavy atom. The van der Waals surface area contributed by atoms with Crippen LogP contribution in [0.5, 0.6) is 0 Å². The van der Waals surface area contributed by atoms with Gasteiger partial charge in [-0.15, -0.1) is 11.3 Å². The number of aromatic nitrogens is 2. The third-order valence-electron chi connectivity index (χ3n) is 4.42. The first-order valence-corrected chi connectivity index (χ1v) is 9.92. The minimum Gasteiger partial charge on any atom is -0.467 e. The van der Waals surface area contributed by atoms with Crippen molar-refractivity contribution in [2.45, 2.75) is 25.2 Å². The maximum absolute atomic E-state index is 12.7. The Hall–Kier alpha value is -3.41. The molecule has 0 fully saturated rings. The molecule has 1 aliphatic heterocycles. The zero-order valence-electron chi connectivity index (χ0n) is 15.8. The molecule has 0 aliphatic carbocycles. The Bertz CT molecular complexity index is 1090. The molecule has 0 saturated heterocycles. The molecule has 0 aromatic carbocycles. The normalized spacial score (nSPS) is 16.4. The van der Waals surface area contributed by atoms with E-state index < -0.39 is 42.9 Å². The predicted molar refractivity (Wildman–Crippen MR) is 102 cm³/mol. The molecule has 3 aromatic heterocycles. The van der Waals surface area contributed by atoms with E-state index in [0.717, 1.165) is 21.8 Å². The van der Waals surface area contributed by atoms with Gasteiger partial charge in [0.05, 0.1) is 16.9 Å². The van der Waals surface area contributed by atoms with Crippen LogP contribution in [0, 0.1) is 0 Å². The summed E-state index contributed by atoms with van der Waals surface area (Å²) < 4.78 is 48.9. The van der Waals surface area contributed by atoms with Gasteiger partial charge in [-0.2, -0.15) is 23.4 Å². The standard InChI is InChI=1S/C19H15F3N4O4S/c20-19(21,22)16-5-6-25(24-16)10-18(28)30-11-17(27)26-13(14-3-1-7-29-14)9-12(23-26)15-4-2-8-31-15/h1-8,13H,9-11H2. The lowest BCUT2D eigenvalue weighted by Gasteiger charge is -2.19. The number of alkyl halides is 3. The van der Waals surface area contributed by atoms with E-state index in [-0.39, 0.29) is 0 Å². The molecule has 0 N–H and O–H groups in total. The molecular weight excluding hydrogens is 437 g/mol. The van der Waals surface area contributed by atoms with E-state index in [1.807, 2.05) is 17.5 Å². The highest BCUT2D eigenvalue weighted by Gasteiger charge is 2.36. The highest BCUT2D eigenvalue weighted by Crippen LogP contribution is 2.34. The molecule has 8 nitrogen and oxygen atoms in total. The topological polar surface area (TPSA) is 89.9 Å². The summed E-state index contributed by atoms with van der Waals surface area (Å²) >= 11 is 1.48. The molecule has 1 unspecified atom stereocenters. The number of hydrogen-bond donors (Lipinski definition) is 0. The second-order valence-corrected chi connectivity index (χ2v) is 7.50. The van der Waals surface area contributed by atoms with Gasteiger partial charge in [0.15, 0.2) is 12.3 Å². The summed E-state index contributed by atoms with van der Waals surface area (Å²) in [4.78, 5) is 25.6. The van der Waals surface area contributed by atoms with E-state index in [1.54, 1.807) is 12.1 Å². The van der Waals surface area contributed by atoms with Crippen LogP contribution in [0.25, 0.3) is 0 Å². The van der Waals surface area contributed by atoms with Gasteiger partial charge in [0, 0.05) is 12.6 Å². The second kappa shape index (κ2) is 8.38. The minimum absolute atomic E-state index is 0.432. The van der Waals surface area contributed by atoms with Crippen molar-refractivity contribution in [3.8, 4) is 0 Å². The van der Waals surface area contributed by atoms with Crippen molar-refractivity contribution in [2.24, 2.45) is 5.10 Å². The number of amides is 1. The van der Waals surface area contributed by atoms with Crippen LogP contribution in [-0.4, -0.2) is 39.0 Å². The van der Waals surface area contributed by atoms with E-state index in [2.05, 4.69) is 10.2 Å². The van der Waals surface area contributed by atoms with Gasteiger partial charge in [-0.25, -0.2) is 5.01 Å². The second-order valence-electron chi connectivity index (χ2n) is 6.55. The number of halogens is 3. The maximum atomic E-state index is 12.7. The third kappa shape index (κ3) is 4.68. The first-order chi connectivity index (χ1) is 14.8. The van der Waals surface area contributed by atoms with Crippen LogP contribution in [0.2, 0.25) is 0 Å². The Balaban J connectivity index is 1.40. The predicted octanol–water partition coefficient (Wildman–Crippen LogP) is 3.48. The Labute approximate surface area is 177 Å². The smallest absolute Gasteiger partial charge is 0.435 e. The fourth-order valence-corrected chi connectivity index (χ4v) is 3.74. The number of furan rings is 1. The summed E-state index contributed by atoms with van der Waals surface area (Å²) in [7, 11) is 0. The molecular formula is C19H15F3N4O4S. The Kier molecular flexibility index (Phi) is 5.63. The van der Waals surface area contributed by atoms with Gasteiger partial charge in [-0.05, 0) is 29.6 Å². The number of hydrazone groups is 1. The Morgan fingerprint density at radius 1 is 1.26 bits per heavy atom. The van der Waals surface area contributed by atoms with Crippen LogP contribution in [0.1, 0.15) is 28.8 Å². The monoisotopic (exact) mass is 452 g/mol. The lowest BCUT2D eigenvalue weighted by Crippen LogP contribution is -2.31. The average Bonchev–Trinajstić information content (AvgIpc) is 3.51. The molecule has 1 amide bonds. The molecule has 0 bridgehead atoms. The lowest BCUT2D eigenvalue weighted by molar-refractivity contribution is -0.153. The van der Waals surface area contributed by atoms with Gasteiger partial charge < -0.3 is 9.15 Å². The van der Waals surface area contributed by atoms with Crippen molar-refractivity contribution in [3.63, 3.8) is 0 Å². The highest BCUT2D eigenvalue weighted by atomic mass is 32.1. The van der Waals surface area contributed by atoms with Crippen molar-refractivity contribution in [1.82, 2.24) is 14.8 Å². The summed E-state index contributed by atoms with van der Waals surface area (Å²) in [6, 6.07) is 7.43. The van der Waals surface area contributed by atoms with Crippen molar-refractivity contribution in [1.29, 1.82) is 0 Å². The molecule has 0 saturated carbocycles. The third-order valence-corrected chi connectivity index (χ3v) is 5.34. The first-order valence-electron chi connectivity index (χ1n) is 9.04. The van der Waals surface area contributed by atoms with Crippen LogP contribution in [0.4, 0.5) is 13.2 Å². The number of hydrogen-bond acceptors (Lipinski definition) is 7. The fraction of sp³-hybridized carbons (Fsp3) is 0.263. The minimum atomic E-state index is -4.61. The van der Waals surface area contributed by atoms with Crippen molar-refractivity contribution in [3.05, 3.63) is 64.5 Å². The SMILES string of the molecule is O=C(Cn1ccc(C(F)(F)F)n1)OCC(=O)N1N=C(c2cccs2)CC1c1ccco1. The van der Waals surface area contributed by atoms with E-state index in [4.69, 9.17) is 9.15 Å². The van der Waals surface area contributed by atoms with Gasteiger partial charge in [-0.1, -0.05) is 6.07 Å². The van der Waals surface area contributed by atoms with Crippen molar-refractivity contribution < 1.29 is 31.9 Å². The molecule has 162 valence electrons. The quantitative estimate of drug-likeness (QED) is 0.535. The molecule has 3 aromatic rings. The summed E-state index contributed by atoms with van der Waals surface area (Å²) in [6.07, 6.45) is -1.68. The lowest BCUT2D eigenvalue weighted by atomic mass is 10.1. The molecule has 0 radical (unpaired) electrons. The number of carbonyl (C=O) groups excluding carboxylic acids is 2. The molecule has 1 aliphatic rings. The summed E-state index contributed by atoms with van der Waals surface area (Å²) in [5.41, 5.74) is -0.419. The number of nitrogens with zero attached hydrogens (tertiary/aromatic N) is 4. The zero-order valence-corrected chi connectivity index (χ0v) is 16.6. The summed E-state index contributed by atoms with van der Waals surface area (Å²) in [6.45, 7) is -1.18. The van der Waals surface area contributed by atoms with Gasteiger partial charge in [0.1, 0.15) is 18.3 Å². The van der Waals surface area contributed by atoms with Crippen molar-refractivity contribution >= 4 is 28.9 Å². The Morgan fingerprint density at radius 2 is 2.10 bits per heavy atom. The molecule has 31 heavy (non-hydrogen) atoms. The van der Waals surface area contributed by atoms with Crippen LogP contribution < -0.4 is 0 Å². The average molecular weight is 452 g/mol. The first kappa shape index (κ1) is 20.8. The molecule has 12 heteroatoms. The number of rotatable bonds is 6. The number of ether oxygens (including phenoxy) is 1. The number of thiophene rings is 1. The van der Waals surface area contributed by atoms with Gasteiger partial charge >= 0.3 is 12.1 Å². The van der Waals surface area contributed by atoms with E-state index in [1.165, 1.54) is 22.6 Å². The van der Waals surface area contributed by atoms with E-state index in [9.17, 15) is 22.8 Å². The number of esters is 1. The van der Waals surface area contributed by atoms with Crippen molar-refractivity contribution in [2.75, 3.05) is 6.61 Å². The van der Waals surface area contributed by atoms with Crippen LogP contribution in [0.15, 0.2) is 57.7 Å². The van der Waals surface area contributed by atoms with E-state index >= 15 is 0 Å². The molecule has 4 heterocycles. The summed E-state index contributed by atoms with van der Waals surface area (Å²) in [5, 5.41) is 10.7. The summed E-state index contributed by atoms with van der Waals surface area (Å²) in [5.74, 6) is -0.953. The van der Waals surface area contributed by atoms with Gasteiger partial charge in [-0.3, -0.25) is 14.3 Å². The maximum Gasteiger partial charge on any atom is 0.435 e. The molecule has 0 spiro atoms. The largest absolute Gasteiger partial charge is 0.467 e. The van der Waals surface area contributed by atoms with Gasteiger partial charge in [0.25, 0.3) is 5.91 Å². The highest BCUT2D eigenvalue weighted by molar-refractivity contribution is 7.12. The van der Waals surface area contributed by atoms with Gasteiger partial charge in [0.2, 0.25) is 0 Å². The van der Waals surface area contributed by atoms with Crippen LogP contribution >= 0.6 is 11.3 Å².